The highest BCUT2D eigenvalue weighted by atomic mass is 35.5. The first kappa shape index (κ1) is 19.4. The van der Waals surface area contributed by atoms with Crippen molar-refractivity contribution in [3.63, 3.8) is 0 Å². The number of aromatic nitrogens is 1. The van der Waals surface area contributed by atoms with Crippen molar-refractivity contribution in [1.29, 1.82) is 0 Å². The number of nitrogens with zero attached hydrogens (tertiary/aromatic N) is 2. The number of halogens is 1. The van der Waals surface area contributed by atoms with E-state index >= 15 is 0 Å². The number of hydrogen-bond donors (Lipinski definition) is 2. The Balaban J connectivity index is 0.00000225. The lowest BCUT2D eigenvalue weighted by molar-refractivity contribution is -0.118. The number of piperazine rings is 1. The molecule has 2 aromatic rings. The molecule has 0 bridgehead atoms. The summed E-state index contributed by atoms with van der Waals surface area (Å²) in [6.45, 7) is 6.88. The van der Waals surface area contributed by atoms with Crippen molar-refractivity contribution in [2.75, 3.05) is 31.5 Å². The summed E-state index contributed by atoms with van der Waals surface area (Å²) in [6.07, 6.45) is 1.03. The van der Waals surface area contributed by atoms with Crippen molar-refractivity contribution >= 4 is 24.2 Å². The molecule has 1 aromatic carbocycles. The molecule has 3 rings (SSSR count). The Kier molecular flexibility index (Phi) is 6.99. The Morgan fingerprint density at radius 1 is 1.40 bits per heavy atom. The van der Waals surface area contributed by atoms with Crippen LogP contribution in [-0.4, -0.2) is 42.1 Å². The van der Waals surface area contributed by atoms with Gasteiger partial charge >= 0.3 is 0 Å². The molecule has 25 heavy (non-hydrogen) atoms. The quantitative estimate of drug-likeness (QED) is 0.853. The summed E-state index contributed by atoms with van der Waals surface area (Å²) in [5.74, 6) is 0.319. The average Bonchev–Trinajstić information content (AvgIpc) is 3.00. The fourth-order valence-electron chi connectivity index (χ4n) is 3.02. The van der Waals surface area contributed by atoms with Crippen molar-refractivity contribution in [2.45, 2.75) is 26.3 Å². The van der Waals surface area contributed by atoms with Gasteiger partial charge in [-0.1, -0.05) is 36.3 Å². The lowest BCUT2D eigenvalue weighted by Crippen LogP contribution is -2.48. The van der Waals surface area contributed by atoms with Gasteiger partial charge in [-0.2, -0.15) is 0 Å². The molecule has 1 fully saturated rings. The zero-order valence-electron chi connectivity index (χ0n) is 14.6. The number of nitrogens with one attached hydrogen (secondary N) is 2. The Labute approximate surface area is 154 Å². The van der Waals surface area contributed by atoms with Crippen LogP contribution in [0.1, 0.15) is 29.8 Å². The minimum Gasteiger partial charge on any atom is -0.338 e. The third-order valence-corrected chi connectivity index (χ3v) is 4.36. The molecule has 1 aromatic heterocycles. The van der Waals surface area contributed by atoms with Gasteiger partial charge in [-0.15, -0.1) is 12.4 Å². The second kappa shape index (κ2) is 8.99. The molecule has 136 valence electrons. The summed E-state index contributed by atoms with van der Waals surface area (Å²) in [7, 11) is 0. The summed E-state index contributed by atoms with van der Waals surface area (Å²) < 4.78 is 5.05. The molecule has 0 aliphatic carbocycles. The van der Waals surface area contributed by atoms with Gasteiger partial charge in [0, 0.05) is 31.7 Å². The van der Waals surface area contributed by atoms with Gasteiger partial charge in [0.05, 0.1) is 12.2 Å². The molecule has 1 unspecified atom stereocenters. The Hall–Kier alpha value is -1.89. The zero-order valence-corrected chi connectivity index (χ0v) is 15.4. The minimum absolute atomic E-state index is 0. The van der Waals surface area contributed by atoms with Crippen molar-refractivity contribution in [2.24, 2.45) is 0 Å². The number of carbonyl (C=O) groups excluding carboxylic acids is 1. The van der Waals surface area contributed by atoms with Crippen molar-refractivity contribution < 1.29 is 9.32 Å². The highest BCUT2D eigenvalue weighted by Crippen LogP contribution is 2.22. The van der Waals surface area contributed by atoms with Crippen LogP contribution in [0.25, 0.3) is 0 Å². The van der Waals surface area contributed by atoms with E-state index in [4.69, 9.17) is 4.52 Å². The van der Waals surface area contributed by atoms with Crippen molar-refractivity contribution in [3.05, 3.63) is 47.2 Å². The largest absolute Gasteiger partial charge is 0.338 e. The molecule has 6 nitrogen and oxygen atoms in total. The van der Waals surface area contributed by atoms with E-state index in [9.17, 15) is 4.79 Å². The summed E-state index contributed by atoms with van der Waals surface area (Å²) in [6, 6.07) is 10.6. The van der Waals surface area contributed by atoms with E-state index in [1.54, 1.807) is 6.07 Å². The molecule has 1 aliphatic rings. The second-order valence-electron chi connectivity index (χ2n) is 6.17. The maximum atomic E-state index is 12.3. The van der Waals surface area contributed by atoms with Crippen molar-refractivity contribution in [3.8, 4) is 0 Å². The summed E-state index contributed by atoms with van der Waals surface area (Å²) in [5, 5.41) is 9.97. The maximum absolute atomic E-state index is 12.3. The van der Waals surface area contributed by atoms with Crippen LogP contribution in [0.2, 0.25) is 0 Å². The van der Waals surface area contributed by atoms with Crippen LogP contribution >= 0.6 is 12.4 Å². The molecule has 7 heteroatoms. The van der Waals surface area contributed by atoms with E-state index in [2.05, 4.69) is 51.9 Å². The number of anilines is 1. The van der Waals surface area contributed by atoms with Gasteiger partial charge in [0.25, 0.3) is 0 Å². The summed E-state index contributed by atoms with van der Waals surface area (Å²) in [4.78, 5) is 14.5. The molecule has 2 N–H and O–H groups in total. The van der Waals surface area contributed by atoms with E-state index in [-0.39, 0.29) is 24.4 Å². The van der Waals surface area contributed by atoms with E-state index < -0.39 is 0 Å². The number of carbonyl (C=O) groups is 1. The number of hydrogen-bond acceptors (Lipinski definition) is 5. The highest BCUT2D eigenvalue weighted by molar-refractivity contribution is 5.91. The lowest BCUT2D eigenvalue weighted by Gasteiger charge is -2.36. The molecular weight excluding hydrogens is 340 g/mol. The van der Waals surface area contributed by atoms with Crippen LogP contribution in [0.15, 0.2) is 34.9 Å². The number of amides is 1. The third kappa shape index (κ3) is 5.04. The summed E-state index contributed by atoms with van der Waals surface area (Å²) >= 11 is 0. The monoisotopic (exact) mass is 364 g/mol. The van der Waals surface area contributed by atoms with E-state index in [0.29, 0.717) is 12.4 Å². The second-order valence-corrected chi connectivity index (χ2v) is 6.17. The first-order chi connectivity index (χ1) is 11.7. The van der Waals surface area contributed by atoms with E-state index in [0.717, 1.165) is 31.7 Å². The van der Waals surface area contributed by atoms with Gasteiger partial charge in [-0.05, 0) is 24.5 Å². The first-order valence-corrected chi connectivity index (χ1v) is 8.42. The van der Waals surface area contributed by atoms with E-state index in [1.165, 1.54) is 11.1 Å². The predicted molar refractivity (Wildman–Crippen MR) is 100 cm³/mol. The molecule has 0 spiro atoms. The van der Waals surface area contributed by atoms with E-state index in [1.807, 2.05) is 6.92 Å². The van der Waals surface area contributed by atoms with Gasteiger partial charge in [0.2, 0.25) is 11.8 Å². The number of aryl methyl sites for hydroxylation is 2. The molecule has 1 amide bonds. The molecule has 1 saturated heterocycles. The Morgan fingerprint density at radius 2 is 2.16 bits per heavy atom. The molecule has 0 saturated carbocycles. The molecule has 1 atom stereocenters. The van der Waals surface area contributed by atoms with Gasteiger partial charge < -0.3 is 9.84 Å². The van der Waals surface area contributed by atoms with Crippen LogP contribution in [0, 0.1) is 6.92 Å². The molecule has 1 aliphatic heterocycles. The highest BCUT2D eigenvalue weighted by Gasteiger charge is 2.25. The number of rotatable bonds is 5. The summed E-state index contributed by atoms with van der Waals surface area (Å²) in [5.41, 5.74) is 3.32. The average molecular weight is 365 g/mol. The zero-order chi connectivity index (χ0) is 16.9. The van der Waals surface area contributed by atoms with Gasteiger partial charge in [-0.25, -0.2) is 0 Å². The molecule has 2 heterocycles. The fourth-order valence-corrected chi connectivity index (χ4v) is 3.02. The van der Waals surface area contributed by atoms with Gasteiger partial charge in [0.1, 0.15) is 0 Å². The van der Waals surface area contributed by atoms with Crippen molar-refractivity contribution in [1.82, 2.24) is 15.4 Å². The lowest BCUT2D eigenvalue weighted by atomic mass is 10.0. The van der Waals surface area contributed by atoms with Crippen LogP contribution in [-0.2, 0) is 11.2 Å². The molecule has 0 radical (unpaired) electrons. The normalized spacial score (nSPS) is 17.8. The standard InChI is InChI=1S/C18H24N4O2.ClH/c1-3-14-4-6-15(7-5-14)16-11-19-8-9-22(16)12-17(23)20-18-10-13(2)21-24-18;/h4-7,10,16,19H,3,8-9,11-12H2,1-2H3,(H,20,23);1H. The third-order valence-electron chi connectivity index (χ3n) is 4.36. The Morgan fingerprint density at radius 3 is 2.80 bits per heavy atom. The minimum atomic E-state index is -0.0803. The van der Waals surface area contributed by atoms with Gasteiger partial charge in [0.15, 0.2) is 0 Å². The maximum Gasteiger partial charge on any atom is 0.240 e. The fraction of sp³-hybridized carbons (Fsp3) is 0.444. The topological polar surface area (TPSA) is 70.4 Å². The van der Waals surface area contributed by atoms with Gasteiger partial charge in [-0.3, -0.25) is 15.0 Å². The first-order valence-electron chi connectivity index (χ1n) is 8.42. The van der Waals surface area contributed by atoms with Crippen LogP contribution in [0.3, 0.4) is 0 Å². The SMILES string of the molecule is CCc1ccc(C2CNCCN2CC(=O)Nc2cc(C)no2)cc1.Cl. The predicted octanol–water partition coefficient (Wildman–Crippen LogP) is 2.55. The smallest absolute Gasteiger partial charge is 0.240 e. The van der Waals surface area contributed by atoms with Crippen LogP contribution in [0.4, 0.5) is 5.88 Å². The number of benzene rings is 1. The van der Waals surface area contributed by atoms with Crippen LogP contribution < -0.4 is 10.6 Å². The Bertz CT molecular complexity index is 687. The molecular formula is C18H25ClN4O2. The van der Waals surface area contributed by atoms with Crippen LogP contribution in [0.5, 0.6) is 0 Å².